The largest absolute Gasteiger partial charge is 0.381 e. The third kappa shape index (κ3) is 7.06. The molecule has 0 radical (unpaired) electrons. The number of aromatic nitrogens is 1. The highest BCUT2D eigenvalue weighted by atomic mass is 127. The summed E-state index contributed by atoms with van der Waals surface area (Å²) in [5, 5.41) is 6.19. The number of carbonyl (C=O) groups excluding carboxylic acids is 1. The maximum atomic E-state index is 12.0. The first-order chi connectivity index (χ1) is 11.6. The summed E-state index contributed by atoms with van der Waals surface area (Å²) in [5.41, 5.74) is 2.46. The summed E-state index contributed by atoms with van der Waals surface area (Å²) in [7, 11) is 2.04. The van der Waals surface area contributed by atoms with Crippen LogP contribution < -0.4 is 10.6 Å². The van der Waals surface area contributed by atoms with Crippen molar-refractivity contribution in [3.8, 4) is 0 Å². The van der Waals surface area contributed by atoms with Crippen LogP contribution in [0.3, 0.4) is 0 Å². The first-order valence-electron chi connectivity index (χ1n) is 8.37. The van der Waals surface area contributed by atoms with Gasteiger partial charge in [0.15, 0.2) is 5.96 Å². The predicted octanol–water partition coefficient (Wildman–Crippen LogP) is 1.73. The number of nitrogens with zero attached hydrogens (tertiary/aromatic N) is 3. The molecule has 0 aliphatic carbocycles. The van der Waals surface area contributed by atoms with Gasteiger partial charge in [0.1, 0.15) is 4.88 Å². The average Bonchev–Trinajstić information content (AvgIpc) is 3.21. The maximum absolute atomic E-state index is 12.0. The summed E-state index contributed by atoms with van der Waals surface area (Å²) < 4.78 is 5.43. The lowest BCUT2D eigenvalue weighted by Crippen LogP contribution is -2.42. The second-order valence-corrected chi connectivity index (χ2v) is 6.72. The Morgan fingerprint density at radius 2 is 2.32 bits per heavy atom. The fourth-order valence-corrected chi connectivity index (χ4v) is 3.32. The SMILES string of the molecule is CCNC(=NCCNC(=O)c1scnc1C)N(C)CC1CCOC1.I. The molecular weight excluding hydrogens is 453 g/mol. The molecule has 1 aromatic heterocycles. The fraction of sp³-hybridized carbons (Fsp3) is 0.688. The maximum Gasteiger partial charge on any atom is 0.263 e. The highest BCUT2D eigenvalue weighted by Crippen LogP contribution is 2.13. The van der Waals surface area contributed by atoms with Gasteiger partial charge >= 0.3 is 0 Å². The molecule has 1 saturated heterocycles. The molecule has 2 rings (SSSR count). The van der Waals surface area contributed by atoms with Gasteiger partial charge < -0.3 is 20.3 Å². The molecule has 1 aliphatic rings. The lowest BCUT2D eigenvalue weighted by atomic mass is 10.1. The molecule has 25 heavy (non-hydrogen) atoms. The number of carbonyl (C=O) groups is 1. The van der Waals surface area contributed by atoms with Crippen molar-refractivity contribution in [3.63, 3.8) is 0 Å². The highest BCUT2D eigenvalue weighted by molar-refractivity contribution is 14.0. The number of rotatable bonds is 7. The minimum atomic E-state index is -0.0772. The lowest BCUT2D eigenvalue weighted by molar-refractivity contribution is 0.0958. The van der Waals surface area contributed by atoms with Crippen LogP contribution in [0.4, 0.5) is 0 Å². The normalized spacial score (nSPS) is 17.1. The van der Waals surface area contributed by atoms with Gasteiger partial charge in [-0.2, -0.15) is 0 Å². The van der Waals surface area contributed by atoms with E-state index < -0.39 is 0 Å². The second-order valence-electron chi connectivity index (χ2n) is 5.87. The van der Waals surface area contributed by atoms with Crippen LogP contribution in [0.25, 0.3) is 0 Å². The van der Waals surface area contributed by atoms with Crippen LogP contribution in [0, 0.1) is 12.8 Å². The van der Waals surface area contributed by atoms with Gasteiger partial charge in [-0.1, -0.05) is 0 Å². The van der Waals surface area contributed by atoms with Crippen LogP contribution in [0.1, 0.15) is 28.7 Å². The van der Waals surface area contributed by atoms with Crippen molar-refractivity contribution in [1.29, 1.82) is 0 Å². The number of guanidine groups is 1. The van der Waals surface area contributed by atoms with Gasteiger partial charge in [0.2, 0.25) is 0 Å². The minimum absolute atomic E-state index is 0. The number of amides is 1. The van der Waals surface area contributed by atoms with E-state index >= 15 is 0 Å². The number of nitrogens with one attached hydrogen (secondary N) is 2. The fourth-order valence-electron chi connectivity index (χ4n) is 2.60. The molecule has 9 heteroatoms. The first kappa shape index (κ1) is 22.1. The molecule has 0 spiro atoms. The van der Waals surface area contributed by atoms with E-state index in [9.17, 15) is 4.79 Å². The Bertz CT molecular complexity index is 560. The summed E-state index contributed by atoms with van der Waals surface area (Å²) in [6.07, 6.45) is 1.11. The summed E-state index contributed by atoms with van der Waals surface area (Å²) in [4.78, 5) is 23.5. The van der Waals surface area contributed by atoms with Crippen molar-refractivity contribution in [1.82, 2.24) is 20.5 Å². The van der Waals surface area contributed by atoms with Crippen LogP contribution in [0.2, 0.25) is 0 Å². The molecule has 1 fully saturated rings. The summed E-state index contributed by atoms with van der Waals surface area (Å²) in [5.74, 6) is 1.35. The Hall–Kier alpha value is -0.940. The van der Waals surface area contributed by atoms with Gasteiger partial charge in [0.25, 0.3) is 5.91 Å². The van der Waals surface area contributed by atoms with Crippen molar-refractivity contribution in [2.45, 2.75) is 20.3 Å². The van der Waals surface area contributed by atoms with Crippen molar-refractivity contribution >= 4 is 47.2 Å². The van der Waals surface area contributed by atoms with Crippen molar-refractivity contribution in [3.05, 3.63) is 16.1 Å². The monoisotopic (exact) mass is 481 g/mol. The molecule has 1 aromatic rings. The molecule has 142 valence electrons. The van der Waals surface area contributed by atoms with E-state index in [1.807, 2.05) is 14.0 Å². The number of ether oxygens (including phenoxy) is 1. The zero-order chi connectivity index (χ0) is 17.4. The summed E-state index contributed by atoms with van der Waals surface area (Å²) in [6.45, 7) is 8.37. The average molecular weight is 481 g/mol. The number of aliphatic imine (C=N–C) groups is 1. The van der Waals surface area contributed by atoms with Gasteiger partial charge in [-0.05, 0) is 20.3 Å². The number of hydrogen-bond acceptors (Lipinski definition) is 5. The molecule has 0 bridgehead atoms. The van der Waals surface area contributed by atoms with Crippen LogP contribution in [0.5, 0.6) is 0 Å². The van der Waals surface area contributed by atoms with Gasteiger partial charge in [-0.25, -0.2) is 4.98 Å². The second kappa shape index (κ2) is 11.6. The predicted molar refractivity (Wildman–Crippen MR) is 112 cm³/mol. The van der Waals surface area contributed by atoms with Gasteiger partial charge in [0.05, 0.1) is 24.4 Å². The number of halogens is 1. The number of aryl methyl sites for hydroxylation is 1. The quantitative estimate of drug-likeness (QED) is 0.269. The van der Waals surface area contributed by atoms with Crippen LogP contribution in [0.15, 0.2) is 10.5 Å². The molecule has 1 unspecified atom stereocenters. The molecule has 1 aliphatic heterocycles. The standard InChI is InChI=1S/C16H27N5O2S.HI/c1-4-17-16(21(3)9-13-5-8-23-10-13)19-7-6-18-15(22)14-12(2)20-11-24-14;/h11,13H,4-10H2,1-3H3,(H,17,19)(H,18,22);1H. The molecule has 2 heterocycles. The van der Waals surface area contributed by atoms with E-state index in [1.54, 1.807) is 5.51 Å². The van der Waals surface area contributed by atoms with E-state index in [0.717, 1.165) is 44.4 Å². The molecular formula is C16H28IN5O2S. The van der Waals surface area contributed by atoms with E-state index in [-0.39, 0.29) is 29.9 Å². The minimum Gasteiger partial charge on any atom is -0.381 e. The molecule has 2 N–H and O–H groups in total. The smallest absolute Gasteiger partial charge is 0.263 e. The van der Waals surface area contributed by atoms with Crippen molar-refractivity contribution in [2.75, 3.05) is 46.4 Å². The van der Waals surface area contributed by atoms with Crippen LogP contribution in [-0.2, 0) is 4.74 Å². The third-order valence-electron chi connectivity index (χ3n) is 3.86. The zero-order valence-corrected chi connectivity index (χ0v) is 18.2. The Labute approximate surface area is 170 Å². The highest BCUT2D eigenvalue weighted by Gasteiger charge is 2.19. The van der Waals surface area contributed by atoms with Gasteiger partial charge in [-0.3, -0.25) is 9.79 Å². The molecule has 1 atom stereocenters. The lowest BCUT2D eigenvalue weighted by Gasteiger charge is -2.24. The van der Waals surface area contributed by atoms with E-state index in [0.29, 0.717) is 23.9 Å². The molecule has 1 amide bonds. The third-order valence-corrected chi connectivity index (χ3v) is 4.79. The van der Waals surface area contributed by atoms with Crippen LogP contribution >= 0.6 is 35.3 Å². The summed E-state index contributed by atoms with van der Waals surface area (Å²) >= 11 is 1.36. The van der Waals surface area contributed by atoms with Gasteiger partial charge in [0, 0.05) is 39.2 Å². The van der Waals surface area contributed by atoms with E-state index in [4.69, 9.17) is 4.74 Å². The number of thiazole rings is 1. The Balaban J connectivity index is 0.00000312. The Morgan fingerprint density at radius 3 is 2.92 bits per heavy atom. The summed E-state index contributed by atoms with van der Waals surface area (Å²) in [6, 6.07) is 0. The Kier molecular flexibility index (Phi) is 10.3. The van der Waals surface area contributed by atoms with Gasteiger partial charge in [-0.15, -0.1) is 35.3 Å². The van der Waals surface area contributed by atoms with Crippen molar-refractivity contribution < 1.29 is 9.53 Å². The first-order valence-corrected chi connectivity index (χ1v) is 9.25. The van der Waals surface area contributed by atoms with Crippen LogP contribution in [-0.4, -0.2) is 68.2 Å². The van der Waals surface area contributed by atoms with E-state index in [1.165, 1.54) is 11.3 Å². The van der Waals surface area contributed by atoms with E-state index in [2.05, 4.69) is 32.4 Å². The molecule has 0 saturated carbocycles. The molecule has 0 aromatic carbocycles. The molecule has 7 nitrogen and oxygen atoms in total. The topological polar surface area (TPSA) is 78.8 Å². The zero-order valence-electron chi connectivity index (χ0n) is 15.1. The van der Waals surface area contributed by atoms with Crippen molar-refractivity contribution in [2.24, 2.45) is 10.9 Å². The number of hydrogen-bond donors (Lipinski definition) is 2. The Morgan fingerprint density at radius 1 is 1.52 bits per heavy atom.